The molecule has 0 bridgehead atoms. The van der Waals surface area contributed by atoms with Crippen molar-refractivity contribution in [3.8, 4) is 0 Å². The van der Waals surface area contributed by atoms with Gasteiger partial charge in [0, 0.05) is 18.3 Å². The summed E-state index contributed by atoms with van der Waals surface area (Å²) in [4.78, 5) is 19.0. The normalized spacial score (nSPS) is 10.2. The van der Waals surface area contributed by atoms with E-state index >= 15 is 0 Å². The van der Waals surface area contributed by atoms with E-state index in [0.29, 0.717) is 5.95 Å². The molecular formula is C8H10BrN3O. The van der Waals surface area contributed by atoms with Crippen molar-refractivity contribution in [3.05, 3.63) is 16.9 Å². The molecule has 0 aromatic carbocycles. The van der Waals surface area contributed by atoms with E-state index < -0.39 is 0 Å². The van der Waals surface area contributed by atoms with Crippen LogP contribution in [-0.2, 0) is 4.79 Å². The van der Waals surface area contributed by atoms with Crippen LogP contribution in [0.2, 0.25) is 0 Å². The van der Waals surface area contributed by atoms with Gasteiger partial charge >= 0.3 is 0 Å². The van der Waals surface area contributed by atoms with Crippen molar-refractivity contribution in [1.82, 2.24) is 9.97 Å². The van der Waals surface area contributed by atoms with E-state index in [9.17, 15) is 4.79 Å². The molecule has 1 aromatic heterocycles. The Kier molecular flexibility index (Phi) is 3.36. The molecule has 5 heteroatoms. The number of aromatic nitrogens is 2. The second-order valence-corrected chi connectivity index (χ2v) is 3.78. The van der Waals surface area contributed by atoms with Gasteiger partial charge in [0.1, 0.15) is 0 Å². The van der Waals surface area contributed by atoms with E-state index in [1.807, 2.05) is 13.8 Å². The number of hydrogen-bond acceptors (Lipinski definition) is 3. The largest absolute Gasteiger partial charge is 0.294 e. The minimum Gasteiger partial charge on any atom is -0.294 e. The molecule has 0 fully saturated rings. The Hall–Kier alpha value is -0.970. The Morgan fingerprint density at radius 3 is 2.46 bits per heavy atom. The lowest BCUT2D eigenvalue weighted by atomic mass is 10.2. The Labute approximate surface area is 84.9 Å². The number of rotatable bonds is 2. The number of nitrogens with one attached hydrogen (secondary N) is 1. The first kappa shape index (κ1) is 10.1. The van der Waals surface area contributed by atoms with Gasteiger partial charge in [0.2, 0.25) is 11.9 Å². The number of amides is 1. The van der Waals surface area contributed by atoms with Crippen LogP contribution in [0.1, 0.15) is 13.8 Å². The van der Waals surface area contributed by atoms with Crippen molar-refractivity contribution in [3.63, 3.8) is 0 Å². The fraction of sp³-hybridized carbons (Fsp3) is 0.375. The number of anilines is 1. The molecule has 0 atom stereocenters. The van der Waals surface area contributed by atoms with Crippen LogP contribution in [0.5, 0.6) is 0 Å². The molecule has 0 unspecified atom stereocenters. The molecule has 0 radical (unpaired) electrons. The predicted octanol–water partition coefficient (Wildman–Crippen LogP) is 1.83. The minimum atomic E-state index is -0.0812. The van der Waals surface area contributed by atoms with Gasteiger partial charge in [-0.05, 0) is 15.9 Å². The van der Waals surface area contributed by atoms with Crippen LogP contribution >= 0.6 is 15.9 Å². The molecule has 1 rings (SSSR count). The fourth-order valence-corrected chi connectivity index (χ4v) is 0.836. The molecule has 0 aliphatic carbocycles. The van der Waals surface area contributed by atoms with Crippen LogP contribution in [0.25, 0.3) is 0 Å². The van der Waals surface area contributed by atoms with Gasteiger partial charge in [-0.3, -0.25) is 10.1 Å². The second kappa shape index (κ2) is 4.32. The first-order valence-electron chi connectivity index (χ1n) is 3.88. The molecule has 0 spiro atoms. The average Bonchev–Trinajstić information content (AvgIpc) is 2.08. The first-order chi connectivity index (χ1) is 6.09. The molecule has 1 aromatic rings. The summed E-state index contributed by atoms with van der Waals surface area (Å²) in [5, 5.41) is 2.59. The molecule has 1 amide bonds. The summed E-state index contributed by atoms with van der Waals surface area (Å²) in [6.45, 7) is 3.63. The van der Waals surface area contributed by atoms with Crippen LogP contribution in [0, 0.1) is 5.92 Å². The SMILES string of the molecule is CC(C)C(=O)Nc1ncc(Br)cn1. The average molecular weight is 244 g/mol. The van der Waals surface area contributed by atoms with Crippen molar-refractivity contribution >= 4 is 27.8 Å². The molecule has 0 aliphatic rings. The van der Waals surface area contributed by atoms with Crippen molar-refractivity contribution < 1.29 is 4.79 Å². The summed E-state index contributed by atoms with van der Waals surface area (Å²) in [5.41, 5.74) is 0. The molecular weight excluding hydrogens is 234 g/mol. The summed E-state index contributed by atoms with van der Waals surface area (Å²) < 4.78 is 0.787. The van der Waals surface area contributed by atoms with Gasteiger partial charge in [-0.15, -0.1) is 0 Å². The monoisotopic (exact) mass is 243 g/mol. The zero-order valence-corrected chi connectivity index (χ0v) is 9.00. The Bertz CT molecular complexity index is 297. The first-order valence-corrected chi connectivity index (χ1v) is 4.67. The van der Waals surface area contributed by atoms with E-state index in [2.05, 4.69) is 31.2 Å². The van der Waals surface area contributed by atoms with Crippen molar-refractivity contribution in [2.75, 3.05) is 5.32 Å². The third-order valence-corrected chi connectivity index (χ3v) is 1.79. The predicted molar refractivity (Wildman–Crippen MR) is 53.2 cm³/mol. The van der Waals surface area contributed by atoms with Crippen LogP contribution in [0.15, 0.2) is 16.9 Å². The quantitative estimate of drug-likeness (QED) is 0.863. The van der Waals surface area contributed by atoms with E-state index in [1.54, 1.807) is 12.4 Å². The molecule has 0 saturated heterocycles. The lowest BCUT2D eigenvalue weighted by Gasteiger charge is -2.04. The van der Waals surface area contributed by atoms with Crippen molar-refractivity contribution in [2.45, 2.75) is 13.8 Å². The summed E-state index contributed by atoms with van der Waals surface area (Å²) >= 11 is 3.20. The number of halogens is 1. The van der Waals surface area contributed by atoms with E-state index in [4.69, 9.17) is 0 Å². The van der Waals surface area contributed by atoms with Crippen molar-refractivity contribution in [1.29, 1.82) is 0 Å². The number of carbonyl (C=O) groups is 1. The van der Waals surface area contributed by atoms with E-state index in [1.165, 1.54) is 0 Å². The summed E-state index contributed by atoms with van der Waals surface area (Å²) in [7, 11) is 0. The van der Waals surface area contributed by atoms with Gasteiger partial charge in [0.25, 0.3) is 0 Å². The fourth-order valence-electron chi connectivity index (χ4n) is 0.631. The summed E-state index contributed by atoms with van der Waals surface area (Å²) in [6, 6.07) is 0. The topological polar surface area (TPSA) is 54.9 Å². The highest BCUT2D eigenvalue weighted by Gasteiger charge is 2.07. The van der Waals surface area contributed by atoms with E-state index in [-0.39, 0.29) is 11.8 Å². The smallest absolute Gasteiger partial charge is 0.229 e. The Morgan fingerprint density at radius 2 is 2.00 bits per heavy atom. The number of hydrogen-bond donors (Lipinski definition) is 1. The van der Waals surface area contributed by atoms with Gasteiger partial charge in [-0.1, -0.05) is 13.8 Å². The van der Waals surface area contributed by atoms with Crippen LogP contribution in [-0.4, -0.2) is 15.9 Å². The van der Waals surface area contributed by atoms with Crippen LogP contribution in [0.4, 0.5) is 5.95 Å². The van der Waals surface area contributed by atoms with Gasteiger partial charge in [0.15, 0.2) is 0 Å². The third-order valence-electron chi connectivity index (χ3n) is 1.38. The molecule has 70 valence electrons. The second-order valence-electron chi connectivity index (χ2n) is 2.87. The van der Waals surface area contributed by atoms with Gasteiger partial charge in [0.05, 0.1) is 4.47 Å². The highest BCUT2D eigenvalue weighted by molar-refractivity contribution is 9.10. The number of carbonyl (C=O) groups excluding carboxylic acids is 1. The maximum Gasteiger partial charge on any atom is 0.229 e. The van der Waals surface area contributed by atoms with Gasteiger partial charge in [-0.25, -0.2) is 9.97 Å². The lowest BCUT2D eigenvalue weighted by Crippen LogP contribution is -2.19. The summed E-state index contributed by atoms with van der Waals surface area (Å²) in [5.74, 6) is 0.191. The Morgan fingerprint density at radius 1 is 1.46 bits per heavy atom. The van der Waals surface area contributed by atoms with Crippen molar-refractivity contribution in [2.24, 2.45) is 5.92 Å². The van der Waals surface area contributed by atoms with E-state index in [0.717, 1.165) is 4.47 Å². The minimum absolute atomic E-state index is 0.0627. The van der Waals surface area contributed by atoms with Crippen LogP contribution < -0.4 is 5.32 Å². The molecule has 0 saturated carbocycles. The zero-order valence-electron chi connectivity index (χ0n) is 7.41. The molecule has 1 N–H and O–H groups in total. The maximum atomic E-state index is 11.2. The standard InChI is InChI=1S/C8H10BrN3O/c1-5(2)7(13)12-8-10-3-6(9)4-11-8/h3-5H,1-2H3,(H,10,11,12,13). The third kappa shape index (κ3) is 3.10. The molecule has 1 heterocycles. The molecule has 13 heavy (non-hydrogen) atoms. The highest BCUT2D eigenvalue weighted by atomic mass is 79.9. The summed E-state index contributed by atoms with van der Waals surface area (Å²) in [6.07, 6.45) is 3.17. The lowest BCUT2D eigenvalue weighted by molar-refractivity contribution is -0.118. The number of nitrogens with zero attached hydrogens (tertiary/aromatic N) is 2. The Balaban J connectivity index is 2.65. The van der Waals surface area contributed by atoms with Gasteiger partial charge in [-0.2, -0.15) is 0 Å². The maximum absolute atomic E-state index is 11.2. The van der Waals surface area contributed by atoms with Crippen LogP contribution in [0.3, 0.4) is 0 Å². The van der Waals surface area contributed by atoms with Gasteiger partial charge < -0.3 is 0 Å². The zero-order chi connectivity index (χ0) is 9.84. The highest BCUT2D eigenvalue weighted by Crippen LogP contribution is 2.07. The molecule has 4 nitrogen and oxygen atoms in total. The molecule has 0 aliphatic heterocycles.